The van der Waals surface area contributed by atoms with Crippen LogP contribution in [0.2, 0.25) is 5.15 Å². The quantitative estimate of drug-likeness (QED) is 0.630. The molecule has 1 heterocycles. The van der Waals surface area contributed by atoms with Crippen molar-refractivity contribution in [2.75, 3.05) is 6.54 Å². The van der Waals surface area contributed by atoms with Gasteiger partial charge in [-0.25, -0.2) is 0 Å². The fraction of sp³-hybridized carbons (Fsp3) is 0.400. The second-order valence-corrected chi connectivity index (χ2v) is 7.42. The van der Waals surface area contributed by atoms with Gasteiger partial charge >= 0.3 is 0 Å². The Kier molecular flexibility index (Phi) is 6.11. The Labute approximate surface area is 152 Å². The molecule has 1 aromatic heterocycles. The number of rotatable bonds is 5. The summed E-state index contributed by atoms with van der Waals surface area (Å²) in [4.78, 5) is 0. The van der Waals surface area contributed by atoms with E-state index in [4.69, 9.17) is 11.6 Å². The highest BCUT2D eigenvalue weighted by Gasteiger charge is 2.20. The molecule has 0 aliphatic heterocycles. The van der Waals surface area contributed by atoms with Gasteiger partial charge in [0.2, 0.25) is 0 Å². The highest BCUT2D eigenvalue weighted by molar-refractivity contribution is 14.1. The summed E-state index contributed by atoms with van der Waals surface area (Å²) < 4.78 is 4.08. The summed E-state index contributed by atoms with van der Waals surface area (Å²) in [5.41, 5.74) is 3.35. The molecule has 21 heavy (non-hydrogen) atoms. The van der Waals surface area contributed by atoms with E-state index in [0.29, 0.717) is 0 Å². The van der Waals surface area contributed by atoms with Gasteiger partial charge in [0, 0.05) is 26.7 Å². The van der Waals surface area contributed by atoms with Crippen molar-refractivity contribution in [3.63, 3.8) is 0 Å². The van der Waals surface area contributed by atoms with Crippen molar-refractivity contribution in [1.29, 1.82) is 0 Å². The first-order chi connectivity index (χ1) is 9.93. The van der Waals surface area contributed by atoms with Gasteiger partial charge in [-0.15, -0.1) is 0 Å². The van der Waals surface area contributed by atoms with Crippen molar-refractivity contribution in [1.82, 2.24) is 15.1 Å². The van der Waals surface area contributed by atoms with Gasteiger partial charge in [-0.1, -0.05) is 34.5 Å². The van der Waals surface area contributed by atoms with Crippen LogP contribution in [0, 0.1) is 10.5 Å². The highest BCUT2D eigenvalue weighted by atomic mass is 127. The summed E-state index contributed by atoms with van der Waals surface area (Å²) >= 11 is 12.4. The third-order valence-corrected chi connectivity index (χ3v) is 5.33. The molecule has 1 atom stereocenters. The third kappa shape index (κ3) is 4.00. The van der Waals surface area contributed by atoms with Crippen molar-refractivity contribution in [2.45, 2.75) is 26.3 Å². The molecular weight excluding hydrogens is 464 g/mol. The number of benzene rings is 1. The highest BCUT2D eigenvalue weighted by Crippen LogP contribution is 2.30. The zero-order valence-electron chi connectivity index (χ0n) is 12.3. The van der Waals surface area contributed by atoms with Gasteiger partial charge < -0.3 is 5.32 Å². The van der Waals surface area contributed by atoms with Crippen molar-refractivity contribution < 1.29 is 0 Å². The van der Waals surface area contributed by atoms with E-state index in [-0.39, 0.29) is 6.04 Å². The first kappa shape index (κ1) is 17.2. The predicted molar refractivity (Wildman–Crippen MR) is 99.9 cm³/mol. The van der Waals surface area contributed by atoms with Crippen LogP contribution in [0.1, 0.15) is 29.8 Å². The molecule has 2 aromatic rings. The average molecular weight is 483 g/mol. The van der Waals surface area contributed by atoms with E-state index in [2.05, 4.69) is 74.1 Å². The first-order valence-electron chi connectivity index (χ1n) is 6.80. The number of halogens is 3. The Morgan fingerprint density at radius 3 is 2.76 bits per heavy atom. The van der Waals surface area contributed by atoms with Crippen LogP contribution in [0.4, 0.5) is 0 Å². The van der Waals surface area contributed by atoms with E-state index in [9.17, 15) is 0 Å². The van der Waals surface area contributed by atoms with Crippen molar-refractivity contribution in [3.8, 4) is 0 Å². The second kappa shape index (κ2) is 7.44. The lowest BCUT2D eigenvalue weighted by molar-refractivity contribution is 0.546. The average Bonchev–Trinajstić information content (AvgIpc) is 2.67. The molecule has 0 bridgehead atoms. The van der Waals surface area contributed by atoms with Crippen LogP contribution in [0.5, 0.6) is 0 Å². The number of nitrogens with one attached hydrogen (secondary N) is 1. The minimum atomic E-state index is 0.208. The maximum absolute atomic E-state index is 6.38. The fourth-order valence-electron chi connectivity index (χ4n) is 2.43. The Bertz CT molecular complexity index is 642. The monoisotopic (exact) mass is 481 g/mol. The van der Waals surface area contributed by atoms with E-state index in [0.717, 1.165) is 33.8 Å². The predicted octanol–water partition coefficient (Wildman–Crippen LogP) is 4.64. The molecule has 1 aromatic carbocycles. The zero-order chi connectivity index (χ0) is 15.6. The lowest BCUT2D eigenvalue weighted by Crippen LogP contribution is -2.23. The minimum Gasteiger partial charge on any atom is -0.310 e. The molecule has 0 radical (unpaired) electrons. The Hall–Kier alpha value is -0.110. The lowest BCUT2D eigenvalue weighted by Gasteiger charge is -2.20. The Balaban J connectivity index is 2.37. The molecule has 3 nitrogen and oxygen atoms in total. The summed E-state index contributed by atoms with van der Waals surface area (Å²) in [6.07, 6.45) is 0.824. The molecule has 0 aliphatic carbocycles. The molecule has 6 heteroatoms. The summed E-state index contributed by atoms with van der Waals surface area (Å²) in [7, 11) is 1.88. The Morgan fingerprint density at radius 2 is 2.19 bits per heavy atom. The molecule has 0 amide bonds. The van der Waals surface area contributed by atoms with E-state index in [1.54, 1.807) is 4.68 Å². The van der Waals surface area contributed by atoms with Crippen LogP contribution in [0.15, 0.2) is 22.7 Å². The molecular formula is C15H18BrClIN3. The first-order valence-corrected chi connectivity index (χ1v) is 9.05. The molecule has 0 spiro atoms. The smallest absolute Gasteiger partial charge is 0.130 e. The van der Waals surface area contributed by atoms with Gasteiger partial charge in [0.25, 0.3) is 0 Å². The maximum atomic E-state index is 6.38. The number of aryl methyl sites for hydroxylation is 2. The van der Waals surface area contributed by atoms with Gasteiger partial charge in [0.05, 0.1) is 5.69 Å². The van der Waals surface area contributed by atoms with Crippen LogP contribution in [0.3, 0.4) is 0 Å². The molecule has 1 unspecified atom stereocenters. The van der Waals surface area contributed by atoms with Gasteiger partial charge in [0.1, 0.15) is 5.15 Å². The van der Waals surface area contributed by atoms with E-state index in [1.165, 1.54) is 9.13 Å². The standard InChI is InChI=1S/C15H18BrClIN3/c1-4-19-14(12-7-10(18)5-6-13(12)16)8-11-9(2)20-21(3)15(11)17/h5-7,14,19H,4,8H2,1-3H3. The van der Waals surface area contributed by atoms with Gasteiger partial charge in [-0.3, -0.25) is 4.68 Å². The van der Waals surface area contributed by atoms with Crippen LogP contribution >= 0.6 is 50.1 Å². The van der Waals surface area contributed by atoms with Gasteiger partial charge in [-0.2, -0.15) is 5.10 Å². The largest absolute Gasteiger partial charge is 0.310 e. The lowest BCUT2D eigenvalue weighted by atomic mass is 9.99. The van der Waals surface area contributed by atoms with Gasteiger partial charge in [-0.05, 0) is 66.2 Å². The summed E-state index contributed by atoms with van der Waals surface area (Å²) in [5.74, 6) is 0. The van der Waals surface area contributed by atoms with E-state index < -0.39 is 0 Å². The Morgan fingerprint density at radius 1 is 1.48 bits per heavy atom. The topological polar surface area (TPSA) is 29.9 Å². The number of hydrogen-bond acceptors (Lipinski definition) is 2. The summed E-state index contributed by atoms with van der Waals surface area (Å²) in [5, 5.41) is 8.67. The number of aromatic nitrogens is 2. The van der Waals surface area contributed by atoms with Crippen LogP contribution in [-0.4, -0.2) is 16.3 Å². The van der Waals surface area contributed by atoms with Crippen LogP contribution < -0.4 is 5.32 Å². The number of likely N-dealkylation sites (N-methyl/N-ethyl adjacent to an activating group) is 1. The van der Waals surface area contributed by atoms with E-state index in [1.807, 2.05) is 14.0 Å². The molecule has 0 saturated heterocycles. The van der Waals surface area contributed by atoms with E-state index >= 15 is 0 Å². The number of hydrogen-bond donors (Lipinski definition) is 1. The SMILES string of the molecule is CCNC(Cc1c(C)nn(C)c1Cl)c1cc(I)ccc1Br. The fourth-order valence-corrected chi connectivity index (χ4v) is 3.72. The molecule has 2 rings (SSSR count). The molecule has 1 N–H and O–H groups in total. The molecule has 114 valence electrons. The zero-order valence-corrected chi connectivity index (χ0v) is 16.8. The summed E-state index contributed by atoms with van der Waals surface area (Å²) in [6, 6.07) is 6.61. The minimum absolute atomic E-state index is 0.208. The van der Waals surface area contributed by atoms with Crippen molar-refractivity contribution in [2.24, 2.45) is 7.05 Å². The van der Waals surface area contributed by atoms with Crippen molar-refractivity contribution in [3.05, 3.63) is 48.2 Å². The third-order valence-electron chi connectivity index (χ3n) is 3.46. The normalized spacial score (nSPS) is 12.7. The maximum Gasteiger partial charge on any atom is 0.130 e. The second-order valence-electron chi connectivity index (χ2n) is 4.96. The van der Waals surface area contributed by atoms with Gasteiger partial charge in [0.15, 0.2) is 0 Å². The van der Waals surface area contributed by atoms with Crippen molar-refractivity contribution >= 4 is 50.1 Å². The van der Waals surface area contributed by atoms with Crippen LogP contribution in [0.25, 0.3) is 0 Å². The summed E-state index contributed by atoms with van der Waals surface area (Å²) in [6.45, 7) is 5.03. The van der Waals surface area contributed by atoms with Crippen LogP contribution in [-0.2, 0) is 13.5 Å². The number of nitrogens with zero attached hydrogens (tertiary/aromatic N) is 2. The molecule has 0 saturated carbocycles. The molecule has 0 aliphatic rings. The molecule has 0 fully saturated rings.